The average Bonchev–Trinajstić information content (AvgIpc) is 2.85. The predicted octanol–water partition coefficient (Wildman–Crippen LogP) is 1.64. The predicted molar refractivity (Wildman–Crippen MR) is 90.1 cm³/mol. The van der Waals surface area contributed by atoms with Crippen LogP contribution in [0.2, 0.25) is 0 Å². The molecule has 3 rings (SSSR count). The van der Waals surface area contributed by atoms with Crippen LogP contribution in [0.15, 0.2) is 23.1 Å². The molecule has 0 radical (unpaired) electrons. The van der Waals surface area contributed by atoms with Crippen molar-refractivity contribution in [2.75, 3.05) is 27.3 Å². The van der Waals surface area contributed by atoms with E-state index in [2.05, 4.69) is 5.32 Å². The Morgan fingerprint density at radius 2 is 1.65 bits per heavy atom. The van der Waals surface area contributed by atoms with Crippen molar-refractivity contribution >= 4 is 22.4 Å². The zero-order chi connectivity index (χ0) is 15.7. The Balaban J connectivity index is 0.00000192. The van der Waals surface area contributed by atoms with Gasteiger partial charge >= 0.3 is 0 Å². The van der Waals surface area contributed by atoms with Gasteiger partial charge in [0.15, 0.2) is 0 Å². The number of hydrogen-bond donors (Lipinski definition) is 1. The first kappa shape index (κ1) is 18.3. The van der Waals surface area contributed by atoms with Crippen molar-refractivity contribution < 1.29 is 17.9 Å². The number of nitrogens with zero attached hydrogens (tertiary/aromatic N) is 1. The monoisotopic (exact) mass is 362 g/mol. The Morgan fingerprint density at radius 3 is 2.26 bits per heavy atom. The molecule has 23 heavy (non-hydrogen) atoms. The second-order valence-electron chi connectivity index (χ2n) is 5.84. The fourth-order valence-corrected chi connectivity index (χ4v) is 4.76. The van der Waals surface area contributed by atoms with Gasteiger partial charge in [-0.05, 0) is 19.3 Å². The Morgan fingerprint density at radius 1 is 1.04 bits per heavy atom. The molecule has 0 saturated carbocycles. The molecule has 130 valence electrons. The number of rotatable bonds is 4. The van der Waals surface area contributed by atoms with Crippen molar-refractivity contribution in [3.05, 3.63) is 18.2 Å². The molecule has 8 heteroatoms. The maximum atomic E-state index is 12.9. The highest BCUT2D eigenvalue weighted by molar-refractivity contribution is 7.89. The first-order chi connectivity index (χ1) is 10.5. The quantitative estimate of drug-likeness (QED) is 0.882. The summed E-state index contributed by atoms with van der Waals surface area (Å²) in [5.74, 6) is 0.958. The van der Waals surface area contributed by atoms with E-state index in [0.717, 1.165) is 19.3 Å². The normalized spacial score (nSPS) is 24.6. The lowest BCUT2D eigenvalue weighted by Gasteiger charge is -2.24. The lowest BCUT2D eigenvalue weighted by atomic mass is 10.1. The van der Waals surface area contributed by atoms with Crippen molar-refractivity contribution in [1.29, 1.82) is 0 Å². The van der Waals surface area contributed by atoms with Crippen LogP contribution in [0.3, 0.4) is 0 Å². The summed E-state index contributed by atoms with van der Waals surface area (Å²) < 4.78 is 37.8. The van der Waals surface area contributed by atoms with Gasteiger partial charge in [0.1, 0.15) is 11.5 Å². The van der Waals surface area contributed by atoms with E-state index in [-0.39, 0.29) is 23.3 Å². The number of sulfonamides is 1. The molecule has 1 aromatic carbocycles. The molecule has 2 bridgehead atoms. The van der Waals surface area contributed by atoms with Crippen LogP contribution in [-0.2, 0) is 10.0 Å². The number of benzene rings is 1. The van der Waals surface area contributed by atoms with Crippen molar-refractivity contribution in [3.63, 3.8) is 0 Å². The largest absolute Gasteiger partial charge is 0.497 e. The van der Waals surface area contributed by atoms with Crippen molar-refractivity contribution in [3.8, 4) is 11.5 Å². The van der Waals surface area contributed by atoms with Gasteiger partial charge in [-0.1, -0.05) is 0 Å². The van der Waals surface area contributed by atoms with Gasteiger partial charge in [0, 0.05) is 43.4 Å². The highest BCUT2D eigenvalue weighted by Gasteiger charge is 2.35. The van der Waals surface area contributed by atoms with Crippen molar-refractivity contribution in [1.82, 2.24) is 9.62 Å². The van der Waals surface area contributed by atoms with E-state index in [4.69, 9.17) is 9.47 Å². The molecule has 2 aliphatic heterocycles. The van der Waals surface area contributed by atoms with Gasteiger partial charge in [0.05, 0.1) is 19.1 Å². The van der Waals surface area contributed by atoms with E-state index in [0.29, 0.717) is 30.6 Å². The van der Waals surface area contributed by atoms with Crippen molar-refractivity contribution in [2.24, 2.45) is 0 Å². The lowest BCUT2D eigenvalue weighted by molar-refractivity contribution is 0.378. The molecule has 2 fully saturated rings. The van der Waals surface area contributed by atoms with Crippen LogP contribution in [-0.4, -0.2) is 52.1 Å². The minimum Gasteiger partial charge on any atom is -0.497 e. The van der Waals surface area contributed by atoms with Gasteiger partial charge < -0.3 is 14.8 Å². The molecule has 1 N–H and O–H groups in total. The summed E-state index contributed by atoms with van der Waals surface area (Å²) in [7, 11) is -0.512. The third-order valence-electron chi connectivity index (χ3n) is 4.45. The molecule has 0 amide bonds. The summed E-state index contributed by atoms with van der Waals surface area (Å²) in [4.78, 5) is 0.224. The number of fused-ring (bicyclic) bond motifs is 2. The maximum Gasteiger partial charge on any atom is 0.243 e. The fourth-order valence-electron chi connectivity index (χ4n) is 3.21. The molecular weight excluding hydrogens is 340 g/mol. The van der Waals surface area contributed by atoms with Crippen LogP contribution in [0, 0.1) is 0 Å². The number of nitrogens with one attached hydrogen (secondary N) is 1. The standard InChI is InChI=1S/C15H22N2O4S.ClH/c1-20-13-7-14(21-2)9-15(8-13)22(18,19)17-6-5-11-3-4-12(10-17)16-11;/h7-9,11-12,16H,3-6,10H2,1-2H3;1H. The summed E-state index contributed by atoms with van der Waals surface area (Å²) in [6, 6.07) is 5.48. The van der Waals surface area contributed by atoms with E-state index >= 15 is 0 Å². The van der Waals surface area contributed by atoms with Crippen LogP contribution in [0.4, 0.5) is 0 Å². The Bertz CT molecular complexity index is 631. The second kappa shape index (κ2) is 7.25. The zero-order valence-corrected chi connectivity index (χ0v) is 15.0. The van der Waals surface area contributed by atoms with Crippen LogP contribution in [0.25, 0.3) is 0 Å². The number of ether oxygens (including phenoxy) is 2. The van der Waals surface area contributed by atoms with Gasteiger partial charge in [-0.2, -0.15) is 4.31 Å². The topological polar surface area (TPSA) is 67.9 Å². The highest BCUT2D eigenvalue weighted by Crippen LogP contribution is 2.29. The van der Waals surface area contributed by atoms with E-state index in [1.54, 1.807) is 22.5 Å². The first-order valence-corrected chi connectivity index (χ1v) is 8.96. The summed E-state index contributed by atoms with van der Waals surface area (Å²) in [5.41, 5.74) is 0. The molecule has 0 spiro atoms. The fraction of sp³-hybridized carbons (Fsp3) is 0.600. The van der Waals surface area contributed by atoms with E-state index in [9.17, 15) is 8.42 Å². The summed E-state index contributed by atoms with van der Waals surface area (Å²) >= 11 is 0. The van der Waals surface area contributed by atoms with E-state index < -0.39 is 10.0 Å². The van der Waals surface area contributed by atoms with Crippen LogP contribution in [0.1, 0.15) is 19.3 Å². The smallest absolute Gasteiger partial charge is 0.243 e. The van der Waals surface area contributed by atoms with Crippen LogP contribution < -0.4 is 14.8 Å². The second-order valence-corrected chi connectivity index (χ2v) is 7.78. The Hall–Kier alpha value is -1.02. The van der Waals surface area contributed by atoms with Gasteiger partial charge in [-0.3, -0.25) is 0 Å². The molecule has 2 unspecified atom stereocenters. The van der Waals surface area contributed by atoms with E-state index in [1.807, 2.05) is 0 Å². The molecule has 2 saturated heterocycles. The Kier molecular flexibility index (Phi) is 5.78. The van der Waals surface area contributed by atoms with E-state index in [1.165, 1.54) is 14.2 Å². The summed E-state index contributed by atoms with van der Waals surface area (Å²) in [6.45, 7) is 1.08. The molecule has 0 aliphatic carbocycles. The number of methoxy groups -OCH3 is 2. The molecule has 2 aliphatic rings. The van der Waals surface area contributed by atoms with Gasteiger partial charge in [-0.25, -0.2) is 8.42 Å². The highest BCUT2D eigenvalue weighted by atomic mass is 35.5. The SMILES string of the molecule is COc1cc(OC)cc(S(=O)(=O)N2CCC3CCC(C2)N3)c1.Cl. The van der Waals surface area contributed by atoms with Crippen LogP contribution >= 0.6 is 12.4 Å². The number of halogens is 1. The van der Waals surface area contributed by atoms with Gasteiger partial charge in [-0.15, -0.1) is 12.4 Å². The molecule has 1 aromatic rings. The summed E-state index contributed by atoms with van der Waals surface area (Å²) in [5, 5.41) is 3.50. The maximum absolute atomic E-state index is 12.9. The Labute approximate surface area is 143 Å². The van der Waals surface area contributed by atoms with Gasteiger partial charge in [0.2, 0.25) is 10.0 Å². The zero-order valence-electron chi connectivity index (χ0n) is 13.3. The minimum absolute atomic E-state index is 0. The van der Waals surface area contributed by atoms with Crippen molar-refractivity contribution in [2.45, 2.75) is 36.2 Å². The lowest BCUT2D eigenvalue weighted by Crippen LogP contribution is -2.39. The molecule has 2 atom stereocenters. The third kappa shape index (κ3) is 3.74. The number of hydrogen-bond acceptors (Lipinski definition) is 5. The summed E-state index contributed by atoms with van der Waals surface area (Å²) in [6.07, 6.45) is 3.04. The third-order valence-corrected chi connectivity index (χ3v) is 6.29. The molecule has 2 heterocycles. The average molecular weight is 363 g/mol. The minimum atomic E-state index is -3.54. The molecule has 6 nitrogen and oxygen atoms in total. The first-order valence-electron chi connectivity index (χ1n) is 7.52. The molecular formula is C15H23ClN2O4S. The van der Waals surface area contributed by atoms with Crippen LogP contribution in [0.5, 0.6) is 11.5 Å². The van der Waals surface area contributed by atoms with Gasteiger partial charge in [0.25, 0.3) is 0 Å². The molecule has 0 aromatic heterocycles.